The van der Waals surface area contributed by atoms with Gasteiger partial charge in [-0.05, 0) is 56.0 Å². The number of nitrogens with two attached hydrogens (primary N) is 2. The molecular formula is C25H27N7O. The largest absolute Gasteiger partial charge is 0.507 e. The van der Waals surface area contributed by atoms with Crippen LogP contribution in [0.15, 0.2) is 48.7 Å². The fraction of sp³-hybridized carbons (Fsp3) is 0.320. The molecule has 2 aliphatic rings. The number of benzene rings is 1. The summed E-state index contributed by atoms with van der Waals surface area (Å²) < 4.78 is 0. The first kappa shape index (κ1) is 21.0. The van der Waals surface area contributed by atoms with Crippen molar-refractivity contribution in [2.75, 3.05) is 28.6 Å². The molecule has 5 rings (SSSR count). The Hall–Kier alpha value is -3.83. The first-order valence-electron chi connectivity index (χ1n) is 11.2. The van der Waals surface area contributed by atoms with E-state index in [2.05, 4.69) is 49.0 Å². The van der Waals surface area contributed by atoms with Crippen LogP contribution >= 0.6 is 0 Å². The number of fused-ring (bicyclic) bond motifs is 2. The van der Waals surface area contributed by atoms with Crippen molar-refractivity contribution in [1.82, 2.24) is 15.2 Å². The molecule has 5 N–H and O–H groups in total. The maximum atomic E-state index is 10.2. The molecule has 4 heterocycles. The van der Waals surface area contributed by atoms with Crippen LogP contribution < -0.4 is 21.3 Å². The maximum Gasteiger partial charge on any atom is 0.169 e. The summed E-state index contributed by atoms with van der Waals surface area (Å²) in [5.74, 6) is 6.62. The number of hydrogen-bond acceptors (Lipinski definition) is 8. The minimum Gasteiger partial charge on any atom is -0.507 e. The van der Waals surface area contributed by atoms with E-state index in [-0.39, 0.29) is 11.8 Å². The van der Waals surface area contributed by atoms with Crippen LogP contribution in [0.2, 0.25) is 0 Å². The minimum absolute atomic E-state index is 0.174. The van der Waals surface area contributed by atoms with Crippen molar-refractivity contribution in [3.63, 3.8) is 0 Å². The molecule has 2 bridgehead atoms. The fourth-order valence-corrected chi connectivity index (χ4v) is 4.82. The van der Waals surface area contributed by atoms with E-state index >= 15 is 0 Å². The number of aromatic nitrogens is 3. The molecule has 8 nitrogen and oxygen atoms in total. The van der Waals surface area contributed by atoms with Gasteiger partial charge in [-0.2, -0.15) is 0 Å². The SMILES string of the molecule is C[C@@H](N)C#Cc1cc(N2C3CCC2CN(c2cc(-c4ccccc4O)nnc2N)C3)ccn1. The third-order valence-corrected chi connectivity index (χ3v) is 6.27. The highest BCUT2D eigenvalue weighted by molar-refractivity contribution is 5.74. The number of aromatic hydroxyl groups is 1. The predicted octanol–water partition coefficient (Wildman–Crippen LogP) is 2.38. The molecule has 3 atom stereocenters. The van der Waals surface area contributed by atoms with Crippen LogP contribution in [0.25, 0.3) is 11.3 Å². The van der Waals surface area contributed by atoms with Gasteiger partial charge < -0.3 is 26.4 Å². The molecule has 1 aromatic carbocycles. The Morgan fingerprint density at radius 2 is 1.85 bits per heavy atom. The zero-order valence-corrected chi connectivity index (χ0v) is 18.5. The zero-order chi connectivity index (χ0) is 22.9. The summed E-state index contributed by atoms with van der Waals surface area (Å²) >= 11 is 0. The molecule has 0 saturated carbocycles. The number of nitrogen functional groups attached to an aromatic ring is 1. The summed E-state index contributed by atoms with van der Waals surface area (Å²) in [4.78, 5) is 9.16. The molecule has 168 valence electrons. The lowest BCUT2D eigenvalue weighted by molar-refractivity contribution is 0.477. The van der Waals surface area contributed by atoms with Gasteiger partial charge in [-0.15, -0.1) is 10.2 Å². The number of nitrogens with zero attached hydrogens (tertiary/aromatic N) is 5. The van der Waals surface area contributed by atoms with Gasteiger partial charge in [-0.25, -0.2) is 4.98 Å². The third-order valence-electron chi connectivity index (χ3n) is 6.27. The Kier molecular flexibility index (Phi) is 5.48. The van der Waals surface area contributed by atoms with Gasteiger partial charge in [-0.1, -0.05) is 18.1 Å². The summed E-state index contributed by atoms with van der Waals surface area (Å²) in [7, 11) is 0. The van der Waals surface area contributed by atoms with E-state index in [0.29, 0.717) is 29.2 Å². The lowest BCUT2D eigenvalue weighted by Gasteiger charge is -2.43. The van der Waals surface area contributed by atoms with Gasteiger partial charge in [0, 0.05) is 42.6 Å². The van der Waals surface area contributed by atoms with Crippen LogP contribution in [-0.4, -0.2) is 51.5 Å². The van der Waals surface area contributed by atoms with Gasteiger partial charge in [0.05, 0.1) is 17.4 Å². The molecule has 0 radical (unpaired) electrons. The number of para-hydroxylation sites is 1. The summed E-state index contributed by atoms with van der Waals surface area (Å²) in [5.41, 5.74) is 16.0. The molecule has 33 heavy (non-hydrogen) atoms. The van der Waals surface area contributed by atoms with E-state index in [9.17, 15) is 5.11 Å². The molecule has 0 spiro atoms. The van der Waals surface area contributed by atoms with Gasteiger partial charge in [0.15, 0.2) is 5.82 Å². The lowest BCUT2D eigenvalue weighted by atomic mass is 10.1. The smallest absolute Gasteiger partial charge is 0.169 e. The van der Waals surface area contributed by atoms with Gasteiger partial charge >= 0.3 is 0 Å². The second-order valence-electron chi connectivity index (χ2n) is 8.67. The molecule has 2 aliphatic heterocycles. The number of hydrogen-bond donors (Lipinski definition) is 3. The van der Waals surface area contributed by atoms with E-state index in [1.807, 2.05) is 31.3 Å². The van der Waals surface area contributed by atoms with E-state index in [1.54, 1.807) is 12.1 Å². The van der Waals surface area contributed by atoms with Crippen LogP contribution in [0.5, 0.6) is 5.75 Å². The Bertz CT molecular complexity index is 1220. The van der Waals surface area contributed by atoms with Gasteiger partial charge in [-0.3, -0.25) is 0 Å². The highest BCUT2D eigenvalue weighted by Gasteiger charge is 2.40. The van der Waals surface area contributed by atoms with Crippen LogP contribution in [0.3, 0.4) is 0 Å². The molecule has 3 aromatic rings. The number of piperazine rings is 1. The van der Waals surface area contributed by atoms with Crippen LogP contribution in [0.1, 0.15) is 25.5 Å². The maximum absolute atomic E-state index is 10.2. The fourth-order valence-electron chi connectivity index (χ4n) is 4.82. The van der Waals surface area contributed by atoms with Crippen molar-refractivity contribution in [2.24, 2.45) is 5.73 Å². The molecule has 0 aliphatic carbocycles. The highest BCUT2D eigenvalue weighted by atomic mass is 16.3. The van der Waals surface area contributed by atoms with Crippen molar-refractivity contribution in [2.45, 2.75) is 37.9 Å². The standard InChI is InChI=1S/C25H27N7O/c1-16(26)6-7-17-12-18(10-11-28-17)32-19-8-9-20(32)15-31(14-19)23-13-22(29-30-25(23)27)21-4-2-3-5-24(21)33/h2-5,10-13,16,19-20,33H,8-9,14-15,26H2,1H3,(H2,27,30)/t16-,19?,20?/m1/s1. The van der Waals surface area contributed by atoms with Crippen molar-refractivity contribution >= 4 is 17.2 Å². The first-order valence-corrected chi connectivity index (χ1v) is 11.2. The third kappa shape index (κ3) is 4.15. The van der Waals surface area contributed by atoms with Gasteiger partial charge in [0.25, 0.3) is 0 Å². The van der Waals surface area contributed by atoms with E-state index in [1.165, 1.54) is 0 Å². The minimum atomic E-state index is -0.183. The summed E-state index contributed by atoms with van der Waals surface area (Å²) in [5, 5.41) is 18.7. The number of anilines is 3. The van der Waals surface area contributed by atoms with Crippen molar-refractivity contribution < 1.29 is 5.11 Å². The Labute approximate surface area is 193 Å². The number of pyridine rings is 1. The first-order chi connectivity index (χ1) is 16.0. The highest BCUT2D eigenvalue weighted by Crippen LogP contribution is 2.38. The molecule has 2 saturated heterocycles. The molecular weight excluding hydrogens is 414 g/mol. The van der Waals surface area contributed by atoms with E-state index in [4.69, 9.17) is 11.5 Å². The summed E-state index contributed by atoms with van der Waals surface area (Å²) in [6, 6.07) is 13.7. The van der Waals surface area contributed by atoms with Gasteiger partial charge in [0.2, 0.25) is 0 Å². The molecule has 2 fully saturated rings. The second-order valence-corrected chi connectivity index (χ2v) is 8.67. The van der Waals surface area contributed by atoms with Crippen molar-refractivity contribution in [3.05, 3.63) is 54.4 Å². The molecule has 2 unspecified atom stereocenters. The monoisotopic (exact) mass is 441 g/mol. The average Bonchev–Trinajstić information content (AvgIpc) is 3.08. The lowest BCUT2D eigenvalue weighted by Crippen LogP contribution is -2.54. The van der Waals surface area contributed by atoms with Crippen LogP contribution in [0, 0.1) is 11.8 Å². The van der Waals surface area contributed by atoms with Crippen LogP contribution in [0.4, 0.5) is 17.2 Å². The Morgan fingerprint density at radius 3 is 2.58 bits per heavy atom. The van der Waals surface area contributed by atoms with Crippen molar-refractivity contribution in [3.8, 4) is 28.8 Å². The number of phenolic OH excluding ortho intramolecular Hbond substituents is 1. The quantitative estimate of drug-likeness (QED) is 0.531. The normalized spacial score (nSPS) is 20.3. The van der Waals surface area contributed by atoms with E-state index in [0.717, 1.165) is 43.0 Å². The van der Waals surface area contributed by atoms with E-state index < -0.39 is 0 Å². The number of rotatable bonds is 3. The molecule has 0 amide bonds. The Morgan fingerprint density at radius 1 is 1.09 bits per heavy atom. The zero-order valence-electron chi connectivity index (χ0n) is 18.5. The predicted molar refractivity (Wildman–Crippen MR) is 130 cm³/mol. The summed E-state index contributed by atoms with van der Waals surface area (Å²) in [6.45, 7) is 3.52. The van der Waals surface area contributed by atoms with Crippen LogP contribution in [-0.2, 0) is 0 Å². The van der Waals surface area contributed by atoms with Crippen molar-refractivity contribution in [1.29, 1.82) is 0 Å². The topological polar surface area (TPSA) is 117 Å². The molecule has 2 aromatic heterocycles. The second kappa shape index (κ2) is 8.60. The number of phenols is 1. The summed E-state index contributed by atoms with van der Waals surface area (Å²) in [6.07, 6.45) is 4.03. The van der Waals surface area contributed by atoms with Gasteiger partial charge in [0.1, 0.15) is 11.4 Å². The Balaban J connectivity index is 1.41. The average molecular weight is 442 g/mol. The molecule has 8 heteroatoms.